The number of hydrogen-bond donors (Lipinski definition) is 1. The largest absolute Gasteiger partial charge is 0.494 e. The van der Waals surface area contributed by atoms with Crippen molar-refractivity contribution in [2.24, 2.45) is 0 Å². The highest BCUT2D eigenvalue weighted by atomic mass is 16.5. The molecule has 0 saturated carbocycles. The smallest absolute Gasteiger partial charge is 0.251 e. The molecule has 2 aromatic rings. The molecule has 1 fully saturated rings. The van der Waals surface area contributed by atoms with Crippen LogP contribution < -0.4 is 15.0 Å². The third-order valence-electron chi connectivity index (χ3n) is 4.71. The molecule has 1 aromatic carbocycles. The fraction of sp³-hybridized carbons (Fsp3) is 0.381. The molecule has 7 nitrogen and oxygen atoms in total. The van der Waals surface area contributed by atoms with Crippen LogP contribution in [-0.4, -0.2) is 60.5 Å². The van der Waals surface area contributed by atoms with Gasteiger partial charge in [-0.3, -0.25) is 9.59 Å². The number of anilines is 1. The monoisotopic (exact) mass is 382 g/mol. The number of carbonyl (C=O) groups excluding carboxylic acids is 2. The lowest BCUT2D eigenvalue weighted by Gasteiger charge is -2.36. The van der Waals surface area contributed by atoms with Gasteiger partial charge in [0.2, 0.25) is 5.91 Å². The van der Waals surface area contributed by atoms with Crippen molar-refractivity contribution in [1.82, 2.24) is 15.2 Å². The Kier molecular flexibility index (Phi) is 6.47. The first-order chi connectivity index (χ1) is 13.6. The summed E-state index contributed by atoms with van der Waals surface area (Å²) in [5.41, 5.74) is 0.503. The van der Waals surface area contributed by atoms with Gasteiger partial charge in [0.15, 0.2) is 0 Å². The first kappa shape index (κ1) is 19.7. The second kappa shape index (κ2) is 9.21. The van der Waals surface area contributed by atoms with Gasteiger partial charge >= 0.3 is 0 Å². The molecule has 0 unspecified atom stereocenters. The van der Waals surface area contributed by atoms with Gasteiger partial charge in [0.1, 0.15) is 17.6 Å². The van der Waals surface area contributed by atoms with Crippen LogP contribution in [0.15, 0.2) is 48.7 Å². The Hall–Kier alpha value is -3.09. The van der Waals surface area contributed by atoms with Crippen LogP contribution in [0.25, 0.3) is 0 Å². The highest BCUT2D eigenvalue weighted by Gasteiger charge is 2.26. The zero-order chi connectivity index (χ0) is 19.9. The Bertz CT molecular complexity index is 787. The minimum absolute atomic E-state index is 0.0695. The molecule has 1 saturated heterocycles. The second-order valence-corrected chi connectivity index (χ2v) is 6.65. The molecule has 1 aliphatic rings. The summed E-state index contributed by atoms with van der Waals surface area (Å²) in [7, 11) is 0. The number of nitrogens with zero attached hydrogens (tertiary/aromatic N) is 3. The van der Waals surface area contributed by atoms with Crippen LogP contribution in [0.2, 0.25) is 0 Å². The number of nitrogens with one attached hydrogen (secondary N) is 1. The van der Waals surface area contributed by atoms with Crippen molar-refractivity contribution in [3.8, 4) is 5.75 Å². The van der Waals surface area contributed by atoms with Crippen molar-refractivity contribution in [3.63, 3.8) is 0 Å². The van der Waals surface area contributed by atoms with Crippen LogP contribution in [0.5, 0.6) is 5.75 Å². The topological polar surface area (TPSA) is 74.8 Å². The van der Waals surface area contributed by atoms with E-state index < -0.39 is 6.04 Å². The van der Waals surface area contributed by atoms with Crippen molar-refractivity contribution in [1.29, 1.82) is 0 Å². The van der Waals surface area contributed by atoms with Crippen molar-refractivity contribution in [3.05, 3.63) is 54.2 Å². The molecule has 0 aliphatic carbocycles. The van der Waals surface area contributed by atoms with E-state index in [1.807, 2.05) is 25.1 Å². The lowest BCUT2D eigenvalue weighted by molar-refractivity contribution is -0.133. The van der Waals surface area contributed by atoms with Crippen molar-refractivity contribution in [2.45, 2.75) is 19.9 Å². The lowest BCUT2D eigenvalue weighted by atomic mass is 10.1. The fourth-order valence-electron chi connectivity index (χ4n) is 3.18. The Morgan fingerprint density at radius 1 is 1.11 bits per heavy atom. The maximum Gasteiger partial charge on any atom is 0.251 e. The van der Waals surface area contributed by atoms with E-state index in [2.05, 4.69) is 15.2 Å². The van der Waals surface area contributed by atoms with Gasteiger partial charge < -0.3 is 19.9 Å². The van der Waals surface area contributed by atoms with E-state index in [0.717, 1.165) is 18.9 Å². The number of amides is 2. The van der Waals surface area contributed by atoms with E-state index in [-0.39, 0.29) is 11.8 Å². The minimum Gasteiger partial charge on any atom is -0.494 e. The van der Waals surface area contributed by atoms with Crippen molar-refractivity contribution < 1.29 is 14.3 Å². The lowest BCUT2D eigenvalue weighted by Crippen LogP contribution is -2.54. The molecule has 2 heterocycles. The third kappa shape index (κ3) is 4.79. The number of benzene rings is 1. The SMILES string of the molecule is CCOc1ccc(C(=O)N[C@H](C)C(=O)N2CCN(c3ccccn3)CC2)cc1. The fourth-order valence-corrected chi connectivity index (χ4v) is 3.18. The van der Waals surface area contributed by atoms with E-state index in [4.69, 9.17) is 4.74 Å². The van der Waals surface area contributed by atoms with E-state index in [1.54, 1.807) is 42.3 Å². The summed E-state index contributed by atoms with van der Waals surface area (Å²) < 4.78 is 5.38. The molecule has 0 spiro atoms. The summed E-state index contributed by atoms with van der Waals surface area (Å²) in [6, 6.07) is 12.1. The third-order valence-corrected chi connectivity index (χ3v) is 4.71. The molecular formula is C21H26N4O3. The molecule has 3 rings (SSSR count). The first-order valence-corrected chi connectivity index (χ1v) is 9.57. The van der Waals surface area contributed by atoms with E-state index in [0.29, 0.717) is 31.0 Å². The molecule has 7 heteroatoms. The average Bonchev–Trinajstić information content (AvgIpc) is 2.74. The predicted molar refractivity (Wildman–Crippen MR) is 108 cm³/mol. The number of rotatable bonds is 6. The Morgan fingerprint density at radius 3 is 2.43 bits per heavy atom. The Balaban J connectivity index is 1.51. The average molecular weight is 382 g/mol. The summed E-state index contributed by atoms with van der Waals surface area (Å²) in [6.45, 7) is 6.87. The first-order valence-electron chi connectivity index (χ1n) is 9.57. The van der Waals surface area contributed by atoms with Crippen LogP contribution in [-0.2, 0) is 4.79 Å². The standard InChI is InChI=1S/C21H26N4O3/c1-3-28-18-9-7-17(8-10-18)20(26)23-16(2)21(27)25-14-12-24(13-15-25)19-6-4-5-11-22-19/h4-11,16H,3,12-15H2,1-2H3,(H,23,26)/t16-/m1/s1. The van der Waals surface area contributed by atoms with Crippen LogP contribution >= 0.6 is 0 Å². The van der Waals surface area contributed by atoms with Gasteiger partial charge in [-0.05, 0) is 50.2 Å². The molecule has 2 amide bonds. The molecular weight excluding hydrogens is 356 g/mol. The molecule has 148 valence electrons. The Morgan fingerprint density at radius 2 is 1.82 bits per heavy atom. The highest BCUT2D eigenvalue weighted by molar-refractivity contribution is 5.97. The van der Waals surface area contributed by atoms with Crippen LogP contribution in [0.1, 0.15) is 24.2 Å². The van der Waals surface area contributed by atoms with Crippen molar-refractivity contribution >= 4 is 17.6 Å². The molecule has 1 aliphatic heterocycles. The van der Waals surface area contributed by atoms with Gasteiger partial charge in [0, 0.05) is 37.9 Å². The summed E-state index contributed by atoms with van der Waals surface area (Å²) in [5.74, 6) is 1.30. The number of pyridine rings is 1. The summed E-state index contributed by atoms with van der Waals surface area (Å²) in [6.07, 6.45) is 1.77. The van der Waals surface area contributed by atoms with Gasteiger partial charge in [-0.15, -0.1) is 0 Å². The summed E-state index contributed by atoms with van der Waals surface area (Å²) in [5, 5.41) is 2.79. The highest BCUT2D eigenvalue weighted by Crippen LogP contribution is 2.14. The quantitative estimate of drug-likeness (QED) is 0.827. The number of aromatic nitrogens is 1. The second-order valence-electron chi connectivity index (χ2n) is 6.65. The number of carbonyl (C=O) groups is 2. The van der Waals surface area contributed by atoms with Gasteiger partial charge in [-0.25, -0.2) is 4.98 Å². The Labute approximate surface area is 165 Å². The van der Waals surface area contributed by atoms with Crippen LogP contribution in [0.4, 0.5) is 5.82 Å². The van der Waals surface area contributed by atoms with E-state index in [1.165, 1.54) is 0 Å². The van der Waals surface area contributed by atoms with Gasteiger partial charge in [0.05, 0.1) is 6.61 Å². The molecule has 28 heavy (non-hydrogen) atoms. The maximum absolute atomic E-state index is 12.7. The summed E-state index contributed by atoms with van der Waals surface area (Å²) >= 11 is 0. The molecule has 0 bridgehead atoms. The molecule has 1 N–H and O–H groups in total. The molecule has 0 radical (unpaired) electrons. The normalized spacial score (nSPS) is 15.1. The number of hydrogen-bond acceptors (Lipinski definition) is 5. The van der Waals surface area contributed by atoms with Gasteiger partial charge in [-0.2, -0.15) is 0 Å². The van der Waals surface area contributed by atoms with E-state index in [9.17, 15) is 9.59 Å². The van der Waals surface area contributed by atoms with Gasteiger partial charge in [0.25, 0.3) is 5.91 Å². The van der Waals surface area contributed by atoms with E-state index >= 15 is 0 Å². The number of piperazine rings is 1. The molecule has 1 atom stereocenters. The van der Waals surface area contributed by atoms with Crippen LogP contribution in [0, 0.1) is 0 Å². The maximum atomic E-state index is 12.7. The molecule has 1 aromatic heterocycles. The minimum atomic E-state index is -0.583. The summed E-state index contributed by atoms with van der Waals surface area (Å²) in [4.78, 5) is 33.4. The zero-order valence-corrected chi connectivity index (χ0v) is 16.3. The number of ether oxygens (including phenoxy) is 1. The predicted octanol–water partition coefficient (Wildman–Crippen LogP) is 1.95. The zero-order valence-electron chi connectivity index (χ0n) is 16.3. The van der Waals surface area contributed by atoms with Gasteiger partial charge in [-0.1, -0.05) is 6.07 Å². The van der Waals surface area contributed by atoms with Crippen molar-refractivity contribution in [2.75, 3.05) is 37.7 Å². The van der Waals surface area contributed by atoms with Crippen LogP contribution in [0.3, 0.4) is 0 Å².